The number of anilines is 1. The zero-order chi connectivity index (χ0) is 22.3. The summed E-state index contributed by atoms with van der Waals surface area (Å²) in [5.41, 5.74) is 6.45. The van der Waals surface area contributed by atoms with E-state index in [1.807, 2.05) is 0 Å². The number of aromatic nitrogens is 1. The minimum atomic E-state index is -3.69. The van der Waals surface area contributed by atoms with Crippen LogP contribution in [0.2, 0.25) is 5.02 Å². The molecule has 3 N–H and O–H groups in total. The number of sulfone groups is 1. The molecule has 1 spiro atoms. The normalized spacial score (nSPS) is 24.5. The van der Waals surface area contributed by atoms with Crippen molar-refractivity contribution in [2.24, 2.45) is 10.7 Å². The Labute approximate surface area is 185 Å². The summed E-state index contributed by atoms with van der Waals surface area (Å²) in [7, 11) is -3.69. The van der Waals surface area contributed by atoms with Gasteiger partial charge in [-0.15, -0.1) is 0 Å². The summed E-state index contributed by atoms with van der Waals surface area (Å²) in [5.74, 6) is -0.820. The molecule has 2 aliphatic heterocycles. The number of benzene rings is 1. The number of rotatable bonds is 4. The van der Waals surface area contributed by atoms with Crippen LogP contribution >= 0.6 is 11.6 Å². The van der Waals surface area contributed by atoms with Crippen molar-refractivity contribution in [3.05, 3.63) is 58.6 Å². The molecule has 2 aliphatic rings. The smallest absolute Gasteiger partial charge is 0.166 e. The molecule has 166 valence electrons. The second-order valence-corrected chi connectivity index (χ2v) is 10.9. The molecule has 0 bridgehead atoms. The highest BCUT2D eigenvalue weighted by Crippen LogP contribution is 2.42. The average Bonchev–Trinajstić information content (AvgIpc) is 2.73. The lowest BCUT2D eigenvalue weighted by molar-refractivity contribution is 0.0875. The van der Waals surface area contributed by atoms with Crippen LogP contribution < -0.4 is 11.1 Å². The molecule has 1 saturated heterocycles. The van der Waals surface area contributed by atoms with Crippen LogP contribution in [0.15, 0.2) is 41.5 Å². The van der Waals surface area contributed by atoms with E-state index in [9.17, 15) is 12.8 Å². The van der Waals surface area contributed by atoms with Crippen molar-refractivity contribution in [1.82, 2.24) is 4.98 Å². The van der Waals surface area contributed by atoms with Crippen molar-refractivity contribution in [2.75, 3.05) is 24.3 Å². The van der Waals surface area contributed by atoms with E-state index in [0.717, 1.165) is 5.69 Å². The summed E-state index contributed by atoms with van der Waals surface area (Å²) in [5, 5.41) is 3.71. The molecular formula is C21H24ClFN4O3S. The molecule has 1 aromatic carbocycles. The van der Waals surface area contributed by atoms with E-state index in [2.05, 4.69) is 15.3 Å². The minimum absolute atomic E-state index is 0.0349. The second kappa shape index (κ2) is 8.03. The van der Waals surface area contributed by atoms with Gasteiger partial charge < -0.3 is 15.8 Å². The molecule has 10 heteroatoms. The van der Waals surface area contributed by atoms with E-state index in [-0.39, 0.29) is 30.0 Å². The number of nitrogens with zero attached hydrogens (tertiary/aromatic N) is 2. The number of halogens is 2. The molecule has 31 heavy (non-hydrogen) atoms. The standard InChI is InChI=1S/C21H24ClFN4O3S/c1-20(13-31(28,29)21(19(24)27-20)6-8-30-9-7-21)17-10-15(4-5-18(17)23)26-12-16-3-2-14(22)11-25-16/h2-5,10-11,26H,6-9,12-13H2,1H3,(H2,24,27). The first-order valence-electron chi connectivity index (χ1n) is 9.95. The monoisotopic (exact) mass is 466 g/mol. The minimum Gasteiger partial charge on any atom is -0.386 e. The lowest BCUT2D eigenvalue weighted by Gasteiger charge is -2.43. The number of hydrogen-bond donors (Lipinski definition) is 2. The first-order valence-corrected chi connectivity index (χ1v) is 12.0. The predicted molar refractivity (Wildman–Crippen MR) is 119 cm³/mol. The van der Waals surface area contributed by atoms with E-state index in [4.69, 9.17) is 22.1 Å². The van der Waals surface area contributed by atoms with Crippen LogP contribution in [0.5, 0.6) is 0 Å². The van der Waals surface area contributed by atoms with Gasteiger partial charge in [-0.05, 0) is 50.1 Å². The average molecular weight is 467 g/mol. The highest BCUT2D eigenvalue weighted by molar-refractivity contribution is 7.93. The second-order valence-electron chi connectivity index (χ2n) is 8.15. The maximum Gasteiger partial charge on any atom is 0.166 e. The Hall–Kier alpha value is -2.23. The quantitative estimate of drug-likeness (QED) is 0.717. The molecule has 4 rings (SSSR count). The Morgan fingerprint density at radius 1 is 1.26 bits per heavy atom. The Morgan fingerprint density at radius 3 is 2.65 bits per heavy atom. The van der Waals surface area contributed by atoms with Gasteiger partial charge in [0.05, 0.1) is 23.0 Å². The Morgan fingerprint density at radius 2 is 2.00 bits per heavy atom. The molecule has 0 amide bonds. The molecule has 1 atom stereocenters. The molecule has 0 radical (unpaired) electrons. The van der Waals surface area contributed by atoms with Crippen molar-refractivity contribution in [3.63, 3.8) is 0 Å². The van der Waals surface area contributed by atoms with Crippen molar-refractivity contribution < 1.29 is 17.5 Å². The highest BCUT2D eigenvalue weighted by Gasteiger charge is 2.55. The van der Waals surface area contributed by atoms with Crippen molar-refractivity contribution in [3.8, 4) is 0 Å². The molecule has 0 saturated carbocycles. The number of pyridine rings is 1. The summed E-state index contributed by atoms with van der Waals surface area (Å²) < 4.78 is 45.6. The summed E-state index contributed by atoms with van der Waals surface area (Å²) in [6.07, 6.45) is 2.07. The van der Waals surface area contributed by atoms with Gasteiger partial charge in [0.25, 0.3) is 0 Å². The highest BCUT2D eigenvalue weighted by atomic mass is 35.5. The number of nitrogens with one attached hydrogen (secondary N) is 1. The largest absolute Gasteiger partial charge is 0.386 e. The topological polar surface area (TPSA) is 107 Å². The van der Waals surface area contributed by atoms with E-state index < -0.39 is 25.9 Å². The molecule has 3 heterocycles. The molecule has 1 fully saturated rings. The summed E-state index contributed by atoms with van der Waals surface area (Å²) >= 11 is 5.85. The zero-order valence-electron chi connectivity index (χ0n) is 17.1. The van der Waals surface area contributed by atoms with Gasteiger partial charge in [0.1, 0.15) is 21.9 Å². The van der Waals surface area contributed by atoms with Gasteiger partial charge in [-0.3, -0.25) is 9.98 Å². The predicted octanol–water partition coefficient (Wildman–Crippen LogP) is 3.04. The van der Waals surface area contributed by atoms with Gasteiger partial charge in [-0.25, -0.2) is 12.8 Å². The maximum absolute atomic E-state index is 14.8. The first-order chi connectivity index (χ1) is 14.7. The third-order valence-corrected chi connectivity index (χ3v) is 8.98. The number of amidine groups is 1. The maximum atomic E-state index is 14.8. The lowest BCUT2D eigenvalue weighted by atomic mass is 9.91. The molecular weight excluding hydrogens is 443 g/mol. The van der Waals surface area contributed by atoms with Crippen LogP contribution in [-0.4, -0.2) is 43.0 Å². The fourth-order valence-corrected chi connectivity index (χ4v) is 6.73. The van der Waals surface area contributed by atoms with E-state index in [1.54, 1.807) is 37.4 Å². The van der Waals surface area contributed by atoms with Crippen LogP contribution in [0.25, 0.3) is 0 Å². The van der Waals surface area contributed by atoms with Gasteiger partial charge in [0, 0.05) is 30.7 Å². The molecule has 0 aliphatic carbocycles. The zero-order valence-corrected chi connectivity index (χ0v) is 18.6. The SMILES string of the molecule is CC1(c2cc(NCc3ccc(Cl)cn3)ccc2F)CS(=O)(=O)C2(CCOCC2)C(N)=N1. The fraction of sp³-hybridized carbons (Fsp3) is 0.429. The molecule has 1 aromatic heterocycles. The van der Waals surface area contributed by atoms with Crippen molar-refractivity contribution in [1.29, 1.82) is 0 Å². The van der Waals surface area contributed by atoms with E-state index in [1.165, 1.54) is 6.07 Å². The van der Waals surface area contributed by atoms with Gasteiger partial charge in [-0.1, -0.05) is 11.6 Å². The number of aliphatic imine (C=N–C) groups is 1. The van der Waals surface area contributed by atoms with E-state index in [0.29, 0.717) is 30.5 Å². The molecule has 2 aromatic rings. The van der Waals surface area contributed by atoms with Crippen LogP contribution in [0, 0.1) is 5.82 Å². The molecule has 7 nitrogen and oxygen atoms in total. The van der Waals surface area contributed by atoms with Crippen molar-refractivity contribution in [2.45, 2.75) is 36.6 Å². The van der Waals surface area contributed by atoms with E-state index >= 15 is 0 Å². The van der Waals surface area contributed by atoms with Crippen LogP contribution in [-0.2, 0) is 26.7 Å². The fourth-order valence-electron chi connectivity index (χ4n) is 4.23. The van der Waals surface area contributed by atoms with Crippen LogP contribution in [0.4, 0.5) is 10.1 Å². The van der Waals surface area contributed by atoms with Gasteiger partial charge >= 0.3 is 0 Å². The summed E-state index contributed by atoms with van der Waals surface area (Å²) in [6, 6.07) is 7.99. The third-order valence-electron chi connectivity index (χ3n) is 6.01. The van der Waals surface area contributed by atoms with Gasteiger partial charge in [-0.2, -0.15) is 0 Å². The third kappa shape index (κ3) is 4.02. The van der Waals surface area contributed by atoms with Crippen LogP contribution in [0.3, 0.4) is 0 Å². The number of ether oxygens (including phenoxy) is 1. The summed E-state index contributed by atoms with van der Waals surface area (Å²) in [4.78, 5) is 8.77. The summed E-state index contributed by atoms with van der Waals surface area (Å²) in [6.45, 7) is 2.61. The first kappa shape index (κ1) is 22.0. The Kier molecular flexibility index (Phi) is 5.70. The van der Waals surface area contributed by atoms with Crippen molar-refractivity contribution >= 4 is 33.0 Å². The number of hydrogen-bond acceptors (Lipinski definition) is 7. The van der Waals surface area contributed by atoms with Gasteiger partial charge in [0.15, 0.2) is 9.84 Å². The number of nitrogens with two attached hydrogens (primary N) is 1. The molecule has 1 unspecified atom stereocenters. The van der Waals surface area contributed by atoms with Crippen LogP contribution in [0.1, 0.15) is 31.0 Å². The van der Waals surface area contributed by atoms with Gasteiger partial charge in [0.2, 0.25) is 0 Å². The Bertz CT molecular complexity index is 1120. The lowest BCUT2D eigenvalue weighted by Crippen LogP contribution is -2.60. The Balaban J connectivity index is 1.65.